The fourth-order valence-corrected chi connectivity index (χ4v) is 5.25. The Bertz CT molecular complexity index is 1420. The van der Waals surface area contributed by atoms with Crippen molar-refractivity contribution in [3.63, 3.8) is 0 Å². The van der Waals surface area contributed by atoms with Crippen LogP contribution in [0.4, 0.5) is 0 Å². The molecule has 3 aromatic rings. The van der Waals surface area contributed by atoms with Gasteiger partial charge in [0.05, 0.1) is 10.5 Å². The number of carbonyl (C=O) groups excluding carboxylic acids is 2. The summed E-state index contributed by atoms with van der Waals surface area (Å²) >= 11 is 0. The van der Waals surface area contributed by atoms with Crippen molar-refractivity contribution in [3.05, 3.63) is 59.5 Å². The van der Waals surface area contributed by atoms with Gasteiger partial charge in [-0.05, 0) is 49.9 Å². The summed E-state index contributed by atoms with van der Waals surface area (Å²) in [6.07, 6.45) is 2.37. The van der Waals surface area contributed by atoms with E-state index in [4.69, 9.17) is 4.42 Å². The quantitative estimate of drug-likeness (QED) is 0.366. The first kappa shape index (κ1) is 27.8. The van der Waals surface area contributed by atoms with Crippen molar-refractivity contribution in [2.24, 2.45) is 5.92 Å². The molecule has 2 N–H and O–H groups in total. The molecular formula is C26H31N5O5S. The lowest BCUT2D eigenvalue weighted by Crippen LogP contribution is -2.48. The fourth-order valence-electron chi connectivity index (χ4n) is 3.90. The first-order valence-electron chi connectivity index (χ1n) is 11.9. The average molecular weight is 526 g/mol. The van der Waals surface area contributed by atoms with E-state index in [1.807, 2.05) is 19.9 Å². The van der Waals surface area contributed by atoms with Gasteiger partial charge in [0.25, 0.3) is 5.91 Å². The second-order valence-electron chi connectivity index (χ2n) is 9.14. The standard InChI is InChI=1S/C26H31N5O5S/c1-17(2)15-20(30-26(33)24-18(3)23-21(36-24)10-7-12-28-23)25(32)29-13-8-14-31(4)37(34,35)22-11-6-5-9-19(22)16-27/h5-7,9-12,17,20H,8,13-15H2,1-4H3,(H,29,32)(H,30,33)/t20-/m0/s1. The van der Waals surface area contributed by atoms with E-state index in [0.717, 1.165) is 4.31 Å². The number of nitrogens with zero attached hydrogens (tertiary/aromatic N) is 3. The van der Waals surface area contributed by atoms with Crippen LogP contribution in [0.3, 0.4) is 0 Å². The van der Waals surface area contributed by atoms with Gasteiger partial charge in [0.15, 0.2) is 11.3 Å². The zero-order chi connectivity index (χ0) is 27.2. The molecule has 1 atom stereocenters. The number of nitriles is 1. The second kappa shape index (κ2) is 12.0. The molecule has 2 aromatic heterocycles. The molecule has 0 unspecified atom stereocenters. The highest BCUT2D eigenvalue weighted by molar-refractivity contribution is 7.89. The molecule has 0 fully saturated rings. The number of nitrogens with one attached hydrogen (secondary N) is 2. The van der Waals surface area contributed by atoms with Crippen LogP contribution in [0.1, 0.15) is 48.4 Å². The number of aromatic nitrogens is 1. The fraction of sp³-hybridized carbons (Fsp3) is 0.385. The van der Waals surface area contributed by atoms with E-state index in [1.54, 1.807) is 37.4 Å². The second-order valence-corrected chi connectivity index (χ2v) is 11.2. The Hall–Kier alpha value is -3.75. The molecule has 0 saturated heterocycles. The van der Waals surface area contributed by atoms with Gasteiger partial charge in [0, 0.05) is 31.9 Å². The monoisotopic (exact) mass is 525 g/mol. The van der Waals surface area contributed by atoms with Gasteiger partial charge >= 0.3 is 0 Å². The number of aryl methyl sites for hydroxylation is 1. The lowest BCUT2D eigenvalue weighted by molar-refractivity contribution is -0.123. The lowest BCUT2D eigenvalue weighted by Gasteiger charge is -2.21. The molecule has 0 spiro atoms. The molecule has 0 saturated carbocycles. The van der Waals surface area contributed by atoms with Crippen molar-refractivity contribution in [1.82, 2.24) is 19.9 Å². The van der Waals surface area contributed by atoms with Gasteiger partial charge in [-0.2, -0.15) is 5.26 Å². The van der Waals surface area contributed by atoms with Crippen LogP contribution >= 0.6 is 0 Å². The number of rotatable bonds is 11. The van der Waals surface area contributed by atoms with Gasteiger partial charge in [-0.3, -0.25) is 14.6 Å². The van der Waals surface area contributed by atoms with Gasteiger partial charge in [-0.25, -0.2) is 12.7 Å². The molecule has 11 heteroatoms. The summed E-state index contributed by atoms with van der Waals surface area (Å²) in [6.45, 7) is 5.97. The third-order valence-corrected chi connectivity index (χ3v) is 7.77. The Balaban J connectivity index is 1.59. The van der Waals surface area contributed by atoms with E-state index < -0.39 is 22.0 Å². The first-order valence-corrected chi connectivity index (χ1v) is 13.4. The predicted molar refractivity (Wildman–Crippen MR) is 138 cm³/mol. The summed E-state index contributed by atoms with van der Waals surface area (Å²) in [4.78, 5) is 30.0. The molecule has 2 amide bonds. The first-order chi connectivity index (χ1) is 17.6. The maximum atomic E-state index is 12.9. The third-order valence-electron chi connectivity index (χ3n) is 5.86. The van der Waals surface area contributed by atoms with Crippen LogP contribution in [-0.4, -0.2) is 55.7 Å². The molecule has 0 aliphatic carbocycles. The highest BCUT2D eigenvalue weighted by Crippen LogP contribution is 2.23. The Labute approximate surface area is 216 Å². The van der Waals surface area contributed by atoms with E-state index in [0.29, 0.717) is 29.5 Å². The van der Waals surface area contributed by atoms with Crippen molar-refractivity contribution >= 4 is 32.9 Å². The molecule has 1 aromatic carbocycles. The minimum absolute atomic E-state index is 0.0557. The normalized spacial score (nSPS) is 12.5. The highest BCUT2D eigenvalue weighted by Gasteiger charge is 2.27. The Morgan fingerprint density at radius 3 is 2.59 bits per heavy atom. The van der Waals surface area contributed by atoms with Crippen molar-refractivity contribution in [2.75, 3.05) is 20.1 Å². The summed E-state index contributed by atoms with van der Waals surface area (Å²) in [5.74, 6) is -0.627. The van der Waals surface area contributed by atoms with E-state index in [9.17, 15) is 23.3 Å². The summed E-state index contributed by atoms with van der Waals surface area (Å²) < 4.78 is 32.5. The van der Waals surface area contributed by atoms with Crippen molar-refractivity contribution < 1.29 is 22.4 Å². The summed E-state index contributed by atoms with van der Waals surface area (Å²) in [7, 11) is -2.42. The summed E-state index contributed by atoms with van der Waals surface area (Å²) in [5.41, 5.74) is 1.75. The molecule has 0 aliphatic rings. The van der Waals surface area contributed by atoms with Gasteiger partial charge in [-0.1, -0.05) is 26.0 Å². The van der Waals surface area contributed by atoms with Crippen LogP contribution in [0, 0.1) is 24.2 Å². The number of hydrogen-bond donors (Lipinski definition) is 2. The molecule has 10 nitrogen and oxygen atoms in total. The summed E-state index contributed by atoms with van der Waals surface area (Å²) in [5, 5.41) is 14.8. The van der Waals surface area contributed by atoms with Crippen LogP contribution in [0.25, 0.3) is 11.1 Å². The molecule has 3 rings (SSSR count). The minimum atomic E-state index is -3.85. The topological polar surface area (TPSA) is 145 Å². The maximum Gasteiger partial charge on any atom is 0.288 e. The summed E-state index contributed by atoms with van der Waals surface area (Å²) in [6, 6.07) is 10.6. The SMILES string of the molecule is Cc1c(C(=O)N[C@@H](CC(C)C)C(=O)NCCCN(C)S(=O)(=O)c2ccccc2C#N)oc2cccnc12. The van der Waals surface area contributed by atoms with E-state index in [2.05, 4.69) is 15.6 Å². The van der Waals surface area contributed by atoms with E-state index in [1.165, 1.54) is 19.2 Å². The van der Waals surface area contributed by atoms with Crippen LogP contribution in [0.5, 0.6) is 0 Å². The van der Waals surface area contributed by atoms with Gasteiger partial charge in [0.1, 0.15) is 17.6 Å². The molecule has 37 heavy (non-hydrogen) atoms. The molecular weight excluding hydrogens is 494 g/mol. The number of carbonyl (C=O) groups is 2. The Morgan fingerprint density at radius 2 is 1.92 bits per heavy atom. The number of furan rings is 1. The van der Waals surface area contributed by atoms with Gasteiger partial charge in [0.2, 0.25) is 15.9 Å². The molecule has 2 heterocycles. The largest absolute Gasteiger partial charge is 0.449 e. The van der Waals surface area contributed by atoms with E-state index >= 15 is 0 Å². The van der Waals surface area contributed by atoms with Crippen molar-refractivity contribution in [3.8, 4) is 6.07 Å². The molecule has 0 bridgehead atoms. The number of amides is 2. The number of hydrogen-bond acceptors (Lipinski definition) is 7. The smallest absolute Gasteiger partial charge is 0.288 e. The maximum absolute atomic E-state index is 12.9. The molecule has 0 radical (unpaired) electrons. The highest BCUT2D eigenvalue weighted by atomic mass is 32.2. The lowest BCUT2D eigenvalue weighted by atomic mass is 10.0. The van der Waals surface area contributed by atoms with Crippen LogP contribution in [-0.2, 0) is 14.8 Å². The zero-order valence-electron chi connectivity index (χ0n) is 21.3. The van der Waals surface area contributed by atoms with Crippen LogP contribution in [0.2, 0.25) is 0 Å². The minimum Gasteiger partial charge on any atom is -0.449 e. The molecule has 0 aliphatic heterocycles. The van der Waals surface area contributed by atoms with Crippen LogP contribution < -0.4 is 10.6 Å². The van der Waals surface area contributed by atoms with Crippen molar-refractivity contribution in [1.29, 1.82) is 5.26 Å². The molecule has 196 valence electrons. The number of sulfonamides is 1. The Morgan fingerprint density at radius 1 is 1.19 bits per heavy atom. The number of fused-ring (bicyclic) bond motifs is 1. The van der Waals surface area contributed by atoms with Gasteiger partial charge < -0.3 is 15.1 Å². The zero-order valence-corrected chi connectivity index (χ0v) is 22.1. The predicted octanol–water partition coefficient (Wildman–Crippen LogP) is 2.98. The van der Waals surface area contributed by atoms with Gasteiger partial charge in [-0.15, -0.1) is 0 Å². The average Bonchev–Trinajstić information content (AvgIpc) is 3.22. The van der Waals surface area contributed by atoms with E-state index in [-0.39, 0.29) is 41.1 Å². The third kappa shape index (κ3) is 6.53. The Kier molecular flexibility index (Phi) is 9.02. The number of benzene rings is 1. The van der Waals surface area contributed by atoms with Crippen molar-refractivity contribution in [2.45, 2.75) is 44.6 Å². The number of pyridine rings is 1. The van der Waals surface area contributed by atoms with Crippen LogP contribution in [0.15, 0.2) is 51.9 Å².